The van der Waals surface area contributed by atoms with E-state index >= 15 is 0 Å². The van der Waals surface area contributed by atoms with Gasteiger partial charge in [-0.1, -0.05) is 12.1 Å². The Hall–Kier alpha value is -3.35. The van der Waals surface area contributed by atoms with Gasteiger partial charge >= 0.3 is 0 Å². The van der Waals surface area contributed by atoms with Gasteiger partial charge in [-0.25, -0.2) is 4.98 Å². The lowest BCUT2D eigenvalue weighted by molar-refractivity contribution is -0.119. The van der Waals surface area contributed by atoms with Crippen molar-refractivity contribution >= 4 is 28.6 Å². The van der Waals surface area contributed by atoms with Gasteiger partial charge in [-0.15, -0.1) is 0 Å². The van der Waals surface area contributed by atoms with Crippen LogP contribution in [0.4, 0.5) is 5.69 Å². The summed E-state index contributed by atoms with van der Waals surface area (Å²) in [5, 5.41) is 12.8. The molecule has 4 rings (SSSR count). The Labute approximate surface area is 155 Å². The highest BCUT2D eigenvalue weighted by Crippen LogP contribution is 2.26. The number of carbonyl (C=O) groups excluding carboxylic acids is 2. The van der Waals surface area contributed by atoms with E-state index in [0.29, 0.717) is 35.6 Å². The zero-order chi connectivity index (χ0) is 19.0. The smallest absolute Gasteiger partial charge is 0.258 e. The lowest BCUT2D eigenvalue weighted by atomic mass is 10.1. The second-order valence-electron chi connectivity index (χ2n) is 6.58. The number of aromatic nitrogens is 1. The molecule has 7 heteroatoms. The van der Waals surface area contributed by atoms with Gasteiger partial charge in [0.15, 0.2) is 11.5 Å². The number of nitrogens with zero attached hydrogens (tertiary/aromatic N) is 2. The first kappa shape index (κ1) is 17.1. The quantitative estimate of drug-likeness (QED) is 0.744. The summed E-state index contributed by atoms with van der Waals surface area (Å²) in [5.74, 6) is -0.117. The largest absolute Gasteiger partial charge is 0.507 e. The van der Waals surface area contributed by atoms with Crippen LogP contribution in [0.3, 0.4) is 0 Å². The number of oxazole rings is 1. The molecule has 7 nitrogen and oxygen atoms in total. The first-order valence-corrected chi connectivity index (χ1v) is 8.80. The van der Waals surface area contributed by atoms with Gasteiger partial charge in [-0.2, -0.15) is 0 Å². The van der Waals surface area contributed by atoms with Gasteiger partial charge < -0.3 is 19.7 Å². The number of phenolic OH excluding ortho intramolecular Hbond substituents is 1. The maximum Gasteiger partial charge on any atom is 0.258 e. The van der Waals surface area contributed by atoms with Crippen LogP contribution in [0.2, 0.25) is 0 Å². The summed E-state index contributed by atoms with van der Waals surface area (Å²) in [6, 6.07) is 11.0. The van der Waals surface area contributed by atoms with E-state index in [9.17, 15) is 14.7 Å². The van der Waals surface area contributed by atoms with Crippen LogP contribution in [0, 0.1) is 6.92 Å². The maximum atomic E-state index is 12.8. The molecule has 27 heavy (non-hydrogen) atoms. The van der Waals surface area contributed by atoms with Crippen LogP contribution in [0.15, 0.2) is 46.9 Å². The van der Waals surface area contributed by atoms with Crippen molar-refractivity contribution in [2.24, 2.45) is 0 Å². The van der Waals surface area contributed by atoms with Crippen LogP contribution in [-0.4, -0.2) is 39.4 Å². The molecule has 1 atom stereocenters. The molecule has 1 aromatic heterocycles. The molecule has 2 N–H and O–H groups in total. The van der Waals surface area contributed by atoms with Crippen molar-refractivity contribution in [2.75, 3.05) is 11.9 Å². The molecular formula is C20H19N3O4. The van der Waals surface area contributed by atoms with E-state index in [-0.39, 0.29) is 23.1 Å². The fourth-order valence-corrected chi connectivity index (χ4v) is 3.44. The van der Waals surface area contributed by atoms with Crippen LogP contribution < -0.4 is 5.32 Å². The average molecular weight is 365 g/mol. The highest BCUT2D eigenvalue weighted by atomic mass is 16.3. The van der Waals surface area contributed by atoms with E-state index in [1.807, 2.05) is 0 Å². The van der Waals surface area contributed by atoms with Crippen molar-refractivity contribution in [1.29, 1.82) is 0 Å². The molecule has 1 aliphatic rings. The minimum Gasteiger partial charge on any atom is -0.507 e. The number of likely N-dealkylation sites (tertiary alicyclic amines) is 1. The van der Waals surface area contributed by atoms with Gasteiger partial charge in [0.25, 0.3) is 5.91 Å². The topological polar surface area (TPSA) is 95.7 Å². The van der Waals surface area contributed by atoms with E-state index in [4.69, 9.17) is 4.42 Å². The number of rotatable bonds is 3. The monoisotopic (exact) mass is 365 g/mol. The van der Waals surface area contributed by atoms with Gasteiger partial charge in [-0.3, -0.25) is 9.59 Å². The van der Waals surface area contributed by atoms with Crippen LogP contribution in [0.5, 0.6) is 5.75 Å². The van der Waals surface area contributed by atoms with E-state index in [1.165, 1.54) is 11.0 Å². The van der Waals surface area contributed by atoms with E-state index < -0.39 is 6.04 Å². The van der Waals surface area contributed by atoms with Gasteiger partial charge in [0.05, 0.1) is 5.56 Å². The summed E-state index contributed by atoms with van der Waals surface area (Å²) in [6.07, 6.45) is 1.31. The Balaban J connectivity index is 1.53. The van der Waals surface area contributed by atoms with Crippen molar-refractivity contribution in [1.82, 2.24) is 9.88 Å². The number of para-hydroxylation sites is 1. The molecule has 0 unspecified atom stereocenters. The Morgan fingerprint density at radius 2 is 2.07 bits per heavy atom. The Morgan fingerprint density at radius 1 is 1.26 bits per heavy atom. The Bertz CT molecular complexity index is 1030. The third kappa shape index (κ3) is 3.23. The van der Waals surface area contributed by atoms with Crippen molar-refractivity contribution in [2.45, 2.75) is 25.8 Å². The van der Waals surface area contributed by atoms with Crippen LogP contribution in [0.1, 0.15) is 29.1 Å². The number of fused-ring (bicyclic) bond motifs is 1. The van der Waals surface area contributed by atoms with E-state index in [1.54, 1.807) is 43.3 Å². The van der Waals surface area contributed by atoms with Gasteiger partial charge in [0.2, 0.25) is 5.91 Å². The second-order valence-corrected chi connectivity index (χ2v) is 6.58. The predicted octanol–water partition coefficient (Wildman–Crippen LogP) is 3.09. The maximum absolute atomic E-state index is 12.8. The standard InChI is InChI=1S/C20H19N3O4/c1-12-21-15-11-13(8-9-18(15)27-12)22-19(25)16-6-4-10-23(16)20(26)14-5-2-3-7-17(14)24/h2-3,5,7-9,11,16,24H,4,6,10H2,1H3,(H,22,25)/t16-/m1/s1. The summed E-state index contributed by atoms with van der Waals surface area (Å²) < 4.78 is 5.44. The molecule has 2 amide bonds. The SMILES string of the molecule is Cc1nc2cc(NC(=O)[C@H]3CCCN3C(=O)c3ccccc3O)ccc2o1. The molecule has 0 radical (unpaired) electrons. The molecule has 2 heterocycles. The molecule has 1 aliphatic heterocycles. The minimum absolute atomic E-state index is 0.0830. The lowest BCUT2D eigenvalue weighted by Gasteiger charge is -2.24. The normalized spacial score (nSPS) is 16.6. The number of phenols is 1. The Morgan fingerprint density at radius 3 is 2.89 bits per heavy atom. The van der Waals surface area contributed by atoms with Crippen molar-refractivity contribution in [3.8, 4) is 5.75 Å². The first-order chi connectivity index (χ1) is 13.0. The van der Waals surface area contributed by atoms with Crippen LogP contribution >= 0.6 is 0 Å². The third-order valence-electron chi connectivity index (χ3n) is 4.71. The zero-order valence-electron chi connectivity index (χ0n) is 14.8. The summed E-state index contributed by atoms with van der Waals surface area (Å²) in [5.41, 5.74) is 2.13. The fourth-order valence-electron chi connectivity index (χ4n) is 3.44. The molecule has 1 saturated heterocycles. The number of nitrogens with one attached hydrogen (secondary N) is 1. The number of anilines is 1. The highest BCUT2D eigenvalue weighted by molar-refractivity contribution is 6.03. The number of carbonyl (C=O) groups is 2. The van der Waals surface area contributed by atoms with Crippen LogP contribution in [-0.2, 0) is 4.79 Å². The van der Waals surface area contributed by atoms with E-state index in [0.717, 1.165) is 6.42 Å². The third-order valence-corrected chi connectivity index (χ3v) is 4.71. The number of hydrogen-bond acceptors (Lipinski definition) is 5. The van der Waals surface area contributed by atoms with Crippen molar-refractivity contribution in [3.05, 3.63) is 53.9 Å². The summed E-state index contributed by atoms with van der Waals surface area (Å²) in [6.45, 7) is 2.24. The molecule has 0 spiro atoms. The molecule has 3 aromatic rings. The number of benzene rings is 2. The zero-order valence-corrected chi connectivity index (χ0v) is 14.8. The van der Waals surface area contributed by atoms with Crippen LogP contribution in [0.25, 0.3) is 11.1 Å². The molecule has 1 fully saturated rings. The second kappa shape index (κ2) is 6.75. The minimum atomic E-state index is -0.577. The molecule has 0 bridgehead atoms. The van der Waals surface area contributed by atoms with Gasteiger partial charge in [-0.05, 0) is 43.2 Å². The predicted molar refractivity (Wildman–Crippen MR) is 99.5 cm³/mol. The average Bonchev–Trinajstić information content (AvgIpc) is 3.27. The van der Waals surface area contributed by atoms with Crippen molar-refractivity contribution in [3.63, 3.8) is 0 Å². The van der Waals surface area contributed by atoms with E-state index in [2.05, 4.69) is 10.3 Å². The molecule has 138 valence electrons. The number of aromatic hydroxyl groups is 1. The fraction of sp³-hybridized carbons (Fsp3) is 0.250. The van der Waals surface area contributed by atoms with Gasteiger partial charge in [0.1, 0.15) is 17.3 Å². The number of amides is 2. The highest BCUT2D eigenvalue weighted by Gasteiger charge is 2.35. The summed E-state index contributed by atoms with van der Waals surface area (Å²) >= 11 is 0. The lowest BCUT2D eigenvalue weighted by Crippen LogP contribution is -2.43. The van der Waals surface area contributed by atoms with Gasteiger partial charge in [0, 0.05) is 19.2 Å². The molecule has 2 aromatic carbocycles. The summed E-state index contributed by atoms with van der Waals surface area (Å²) in [7, 11) is 0. The molecule has 0 aliphatic carbocycles. The summed E-state index contributed by atoms with van der Waals surface area (Å²) in [4.78, 5) is 31.3. The molecular weight excluding hydrogens is 346 g/mol. The number of hydrogen-bond donors (Lipinski definition) is 2. The molecule has 0 saturated carbocycles. The number of aryl methyl sites for hydroxylation is 1. The van der Waals surface area contributed by atoms with Crippen molar-refractivity contribution < 1.29 is 19.1 Å². The Kier molecular flexibility index (Phi) is 4.27. The first-order valence-electron chi connectivity index (χ1n) is 8.80.